The summed E-state index contributed by atoms with van der Waals surface area (Å²) in [5, 5.41) is 0. The van der Waals surface area contributed by atoms with Crippen molar-refractivity contribution < 1.29 is 0 Å². The summed E-state index contributed by atoms with van der Waals surface area (Å²) >= 11 is 0. The van der Waals surface area contributed by atoms with Gasteiger partial charge >= 0.3 is 0 Å². The second kappa shape index (κ2) is 11.6. The Bertz CT molecular complexity index is 123. The van der Waals surface area contributed by atoms with Gasteiger partial charge in [0.25, 0.3) is 0 Å². The third kappa shape index (κ3) is 9.78. The fourth-order valence-corrected chi connectivity index (χ4v) is 2.11. The minimum absolute atomic E-state index is 1.29. The Hall–Kier alpha value is -0.520. The van der Waals surface area contributed by atoms with Crippen LogP contribution in [0.5, 0.6) is 0 Å². The molecule has 0 unspecified atom stereocenters. The van der Waals surface area contributed by atoms with Crippen molar-refractivity contribution in [3.8, 4) is 0 Å². The van der Waals surface area contributed by atoms with Crippen molar-refractivity contribution in [3.63, 3.8) is 0 Å². The highest BCUT2D eigenvalue weighted by Gasteiger charge is 2.00. The SMILES string of the molecule is C1CCCCC1.C=C.C=C1CCCCC1. The van der Waals surface area contributed by atoms with Crippen LogP contribution in [0, 0.1) is 0 Å². The average molecular weight is 208 g/mol. The minimum Gasteiger partial charge on any atom is -0.106 e. The van der Waals surface area contributed by atoms with Gasteiger partial charge in [0.05, 0.1) is 0 Å². The molecule has 0 radical (unpaired) electrons. The second-order valence-electron chi connectivity index (χ2n) is 4.43. The van der Waals surface area contributed by atoms with Crippen molar-refractivity contribution >= 4 is 0 Å². The van der Waals surface area contributed by atoms with Crippen molar-refractivity contribution in [2.45, 2.75) is 70.6 Å². The first-order valence-electron chi connectivity index (χ1n) is 6.56. The van der Waals surface area contributed by atoms with E-state index >= 15 is 0 Å². The Morgan fingerprint density at radius 1 is 0.533 bits per heavy atom. The fourth-order valence-electron chi connectivity index (χ4n) is 2.11. The summed E-state index contributed by atoms with van der Waals surface area (Å²) in [6, 6.07) is 0. The van der Waals surface area contributed by atoms with Gasteiger partial charge in [0.2, 0.25) is 0 Å². The summed E-state index contributed by atoms with van der Waals surface area (Å²) in [4.78, 5) is 0. The quantitative estimate of drug-likeness (QED) is 0.451. The fraction of sp³-hybridized carbons (Fsp3) is 0.733. The van der Waals surface area contributed by atoms with Crippen molar-refractivity contribution in [1.82, 2.24) is 0 Å². The molecule has 0 heteroatoms. The molecule has 2 saturated carbocycles. The van der Waals surface area contributed by atoms with Gasteiger partial charge in [-0.05, 0) is 25.7 Å². The topological polar surface area (TPSA) is 0 Å². The first-order chi connectivity index (χ1) is 7.39. The maximum atomic E-state index is 3.91. The van der Waals surface area contributed by atoms with Gasteiger partial charge in [0, 0.05) is 0 Å². The molecule has 0 aliphatic heterocycles. The van der Waals surface area contributed by atoms with Crippen LogP contribution in [0.1, 0.15) is 70.6 Å². The Labute approximate surface area is 96.5 Å². The van der Waals surface area contributed by atoms with Gasteiger partial charge in [-0.25, -0.2) is 0 Å². The first kappa shape index (κ1) is 14.5. The lowest BCUT2D eigenvalue weighted by Gasteiger charge is -2.10. The molecule has 2 rings (SSSR count). The molecule has 0 aromatic carbocycles. The molecule has 2 aliphatic carbocycles. The van der Waals surface area contributed by atoms with E-state index in [2.05, 4.69) is 19.7 Å². The van der Waals surface area contributed by atoms with Crippen LogP contribution in [0.15, 0.2) is 25.3 Å². The molecule has 15 heavy (non-hydrogen) atoms. The van der Waals surface area contributed by atoms with Gasteiger partial charge in [-0.15, -0.1) is 13.2 Å². The summed E-state index contributed by atoms with van der Waals surface area (Å²) in [6.07, 6.45) is 15.8. The van der Waals surface area contributed by atoms with E-state index in [9.17, 15) is 0 Å². The highest BCUT2D eigenvalue weighted by atomic mass is 14.1. The minimum atomic E-state index is 1.29. The second-order valence-corrected chi connectivity index (χ2v) is 4.43. The van der Waals surface area contributed by atoms with E-state index in [1.54, 1.807) is 0 Å². The molecular formula is C15H28. The highest BCUT2D eigenvalue weighted by molar-refractivity contribution is 4.95. The summed E-state index contributed by atoms with van der Waals surface area (Å²) in [6.45, 7) is 9.91. The molecule has 0 bridgehead atoms. The molecule has 0 spiro atoms. The molecule has 88 valence electrons. The van der Waals surface area contributed by atoms with Gasteiger partial charge in [-0.1, -0.05) is 57.1 Å². The number of hydrogen-bond donors (Lipinski definition) is 0. The first-order valence-corrected chi connectivity index (χ1v) is 6.56. The zero-order chi connectivity index (χ0) is 11.4. The van der Waals surface area contributed by atoms with Gasteiger partial charge in [0.15, 0.2) is 0 Å². The third-order valence-electron chi connectivity index (χ3n) is 3.06. The summed E-state index contributed by atoms with van der Waals surface area (Å²) in [5.74, 6) is 0. The Kier molecular flexibility index (Phi) is 11.2. The van der Waals surface area contributed by atoms with Crippen molar-refractivity contribution in [2.24, 2.45) is 0 Å². The van der Waals surface area contributed by atoms with Crippen molar-refractivity contribution in [1.29, 1.82) is 0 Å². The van der Waals surface area contributed by atoms with Crippen LogP contribution in [0.3, 0.4) is 0 Å². The summed E-state index contributed by atoms with van der Waals surface area (Å²) in [7, 11) is 0. The lowest BCUT2D eigenvalue weighted by Crippen LogP contribution is -1.90. The standard InChI is InChI=1S/C7H12.C6H12.C2H4/c1-7-5-3-2-4-6-7;1-2-4-6-5-3-1;1-2/h1-6H2;1-6H2;1-2H2. The van der Waals surface area contributed by atoms with E-state index in [4.69, 9.17) is 0 Å². The van der Waals surface area contributed by atoms with Crippen molar-refractivity contribution in [3.05, 3.63) is 25.3 Å². The molecule has 2 fully saturated rings. The monoisotopic (exact) mass is 208 g/mol. The molecule has 0 heterocycles. The smallest absolute Gasteiger partial charge is 0.0323 e. The maximum absolute atomic E-state index is 3.91. The largest absolute Gasteiger partial charge is 0.106 e. The van der Waals surface area contributed by atoms with Crippen LogP contribution < -0.4 is 0 Å². The molecular weight excluding hydrogens is 180 g/mol. The Morgan fingerprint density at radius 3 is 1.00 bits per heavy atom. The third-order valence-corrected chi connectivity index (χ3v) is 3.06. The molecule has 0 saturated heterocycles. The highest BCUT2D eigenvalue weighted by Crippen LogP contribution is 2.20. The summed E-state index contributed by atoms with van der Waals surface area (Å²) in [5.41, 5.74) is 1.46. The zero-order valence-corrected chi connectivity index (χ0v) is 10.4. The molecule has 0 aromatic heterocycles. The van der Waals surface area contributed by atoms with Crippen LogP contribution in [-0.2, 0) is 0 Å². The van der Waals surface area contributed by atoms with Gasteiger partial charge in [-0.3, -0.25) is 0 Å². The van der Waals surface area contributed by atoms with Crippen LogP contribution >= 0.6 is 0 Å². The molecule has 0 nitrogen and oxygen atoms in total. The molecule has 0 N–H and O–H groups in total. The molecule has 0 amide bonds. The number of rotatable bonds is 0. The van der Waals surface area contributed by atoms with Crippen molar-refractivity contribution in [2.75, 3.05) is 0 Å². The molecule has 0 atom stereocenters. The van der Waals surface area contributed by atoms with E-state index in [0.717, 1.165) is 0 Å². The number of hydrogen-bond acceptors (Lipinski definition) is 0. The van der Waals surface area contributed by atoms with Gasteiger partial charge < -0.3 is 0 Å². The average Bonchev–Trinajstić information content (AvgIpc) is 2.36. The van der Waals surface area contributed by atoms with E-state index < -0.39 is 0 Å². The predicted octanol–water partition coefficient (Wildman–Crippen LogP) is 5.65. The zero-order valence-electron chi connectivity index (χ0n) is 10.4. The maximum Gasteiger partial charge on any atom is -0.0323 e. The Morgan fingerprint density at radius 2 is 0.800 bits per heavy atom. The summed E-state index contributed by atoms with van der Waals surface area (Å²) < 4.78 is 0. The van der Waals surface area contributed by atoms with Gasteiger partial charge in [0.1, 0.15) is 0 Å². The van der Waals surface area contributed by atoms with Crippen LogP contribution in [0.25, 0.3) is 0 Å². The van der Waals surface area contributed by atoms with Crippen LogP contribution in [0.4, 0.5) is 0 Å². The van der Waals surface area contributed by atoms with Crippen LogP contribution in [0.2, 0.25) is 0 Å². The van der Waals surface area contributed by atoms with E-state index in [0.29, 0.717) is 0 Å². The van der Waals surface area contributed by atoms with E-state index in [1.165, 1.54) is 76.2 Å². The lowest BCUT2D eigenvalue weighted by atomic mass is 9.97. The van der Waals surface area contributed by atoms with E-state index in [1.807, 2.05) is 0 Å². The molecule has 2 aliphatic rings. The lowest BCUT2D eigenvalue weighted by molar-refractivity contribution is 0.504. The predicted molar refractivity (Wildman–Crippen MR) is 71.2 cm³/mol. The van der Waals surface area contributed by atoms with Crippen LogP contribution in [-0.4, -0.2) is 0 Å². The molecule has 0 aromatic rings. The van der Waals surface area contributed by atoms with Gasteiger partial charge in [-0.2, -0.15) is 0 Å². The van der Waals surface area contributed by atoms with E-state index in [-0.39, 0.29) is 0 Å². The number of allylic oxidation sites excluding steroid dienone is 1. The Balaban J connectivity index is 0.000000227. The normalized spacial score (nSPS) is 20.4.